The highest BCUT2D eigenvalue weighted by Gasteiger charge is 2.39. The summed E-state index contributed by atoms with van der Waals surface area (Å²) >= 11 is 0. The highest BCUT2D eigenvalue weighted by atomic mass is 19.1. The molecule has 0 aliphatic heterocycles. The van der Waals surface area contributed by atoms with Crippen LogP contribution in [0.25, 0.3) is 0 Å². The van der Waals surface area contributed by atoms with Gasteiger partial charge < -0.3 is 4.74 Å². The number of rotatable bonds is 6. The number of ether oxygens (including phenoxy) is 1. The van der Waals surface area contributed by atoms with E-state index < -0.39 is 12.1 Å². The quantitative estimate of drug-likeness (QED) is 0.423. The van der Waals surface area contributed by atoms with Crippen LogP contribution >= 0.6 is 0 Å². The first-order valence-electron chi connectivity index (χ1n) is 11.3. The van der Waals surface area contributed by atoms with E-state index in [1.165, 1.54) is 44.9 Å². The van der Waals surface area contributed by atoms with Gasteiger partial charge in [0.15, 0.2) is 0 Å². The van der Waals surface area contributed by atoms with Crippen molar-refractivity contribution in [3.63, 3.8) is 0 Å². The zero-order valence-electron chi connectivity index (χ0n) is 16.9. The Hall–Kier alpha value is -1.11. The van der Waals surface area contributed by atoms with Crippen LogP contribution in [0, 0.1) is 40.9 Å². The zero-order valence-corrected chi connectivity index (χ0v) is 16.9. The lowest BCUT2D eigenvalue weighted by atomic mass is 9.64. The van der Waals surface area contributed by atoms with Gasteiger partial charge in [0.1, 0.15) is 12.3 Å². The molecular formula is C23H36FNO2. The molecule has 0 spiro atoms. The van der Waals surface area contributed by atoms with E-state index in [1.54, 1.807) is 0 Å². The summed E-state index contributed by atoms with van der Waals surface area (Å²) in [6.07, 6.45) is 12.3. The van der Waals surface area contributed by atoms with Crippen LogP contribution in [0.4, 0.5) is 4.39 Å². The van der Waals surface area contributed by atoms with Crippen molar-refractivity contribution < 1.29 is 13.9 Å². The summed E-state index contributed by atoms with van der Waals surface area (Å²) in [6.45, 7) is 2.26. The predicted octanol–water partition coefficient (Wildman–Crippen LogP) is 5.97. The van der Waals surface area contributed by atoms with Gasteiger partial charge in [0, 0.05) is 6.42 Å². The van der Waals surface area contributed by atoms with Crippen LogP contribution in [-0.2, 0) is 9.53 Å². The average molecular weight is 378 g/mol. The summed E-state index contributed by atoms with van der Waals surface area (Å²) in [7, 11) is 0. The Morgan fingerprint density at radius 3 is 2.56 bits per heavy atom. The van der Waals surface area contributed by atoms with Gasteiger partial charge in [-0.15, -0.1) is 0 Å². The monoisotopic (exact) mass is 377 g/mol. The Balaban J connectivity index is 1.42. The van der Waals surface area contributed by atoms with Crippen molar-refractivity contribution >= 4 is 5.97 Å². The van der Waals surface area contributed by atoms with E-state index in [2.05, 4.69) is 6.92 Å². The molecule has 3 aliphatic rings. The molecule has 3 fully saturated rings. The maximum absolute atomic E-state index is 13.9. The first-order valence-corrected chi connectivity index (χ1v) is 11.3. The SMILES string of the molecule is CCCCCC1CCC2CC(C(=O)OC3CCC(C#N)C(F)C3)CCC2C1. The Morgan fingerprint density at radius 1 is 1.04 bits per heavy atom. The van der Waals surface area contributed by atoms with Crippen LogP contribution in [0.15, 0.2) is 0 Å². The number of nitriles is 1. The summed E-state index contributed by atoms with van der Waals surface area (Å²) in [5, 5.41) is 8.92. The van der Waals surface area contributed by atoms with Gasteiger partial charge in [0.25, 0.3) is 0 Å². The third-order valence-corrected chi connectivity index (χ3v) is 7.44. The Labute approximate surface area is 164 Å². The van der Waals surface area contributed by atoms with Gasteiger partial charge in [-0.05, 0) is 62.7 Å². The molecule has 0 bridgehead atoms. The number of esters is 1. The molecule has 7 unspecified atom stereocenters. The fraction of sp³-hybridized carbons (Fsp3) is 0.913. The number of halogens is 1. The topological polar surface area (TPSA) is 50.1 Å². The maximum Gasteiger partial charge on any atom is 0.309 e. The highest BCUT2D eigenvalue weighted by Crippen LogP contribution is 2.46. The van der Waals surface area contributed by atoms with Gasteiger partial charge in [-0.1, -0.05) is 39.0 Å². The summed E-state index contributed by atoms with van der Waals surface area (Å²) < 4.78 is 19.6. The Bertz CT molecular complexity index is 531. The number of hydrogen-bond donors (Lipinski definition) is 0. The van der Waals surface area contributed by atoms with Crippen molar-refractivity contribution in [3.05, 3.63) is 0 Å². The van der Waals surface area contributed by atoms with Crippen LogP contribution in [-0.4, -0.2) is 18.2 Å². The van der Waals surface area contributed by atoms with Crippen LogP contribution < -0.4 is 0 Å². The lowest BCUT2D eigenvalue weighted by Gasteiger charge is -2.42. The van der Waals surface area contributed by atoms with E-state index >= 15 is 0 Å². The van der Waals surface area contributed by atoms with Crippen molar-refractivity contribution in [1.29, 1.82) is 5.26 Å². The van der Waals surface area contributed by atoms with Crippen LogP contribution in [0.1, 0.15) is 90.4 Å². The average Bonchev–Trinajstić information content (AvgIpc) is 2.68. The number of carbonyl (C=O) groups excluding carboxylic acids is 1. The minimum Gasteiger partial charge on any atom is -0.462 e. The molecule has 7 atom stereocenters. The van der Waals surface area contributed by atoms with Crippen LogP contribution in [0.2, 0.25) is 0 Å². The minimum atomic E-state index is -1.15. The third-order valence-electron chi connectivity index (χ3n) is 7.44. The molecule has 27 heavy (non-hydrogen) atoms. The molecule has 0 amide bonds. The molecule has 0 N–H and O–H groups in total. The molecule has 0 saturated heterocycles. The summed E-state index contributed by atoms with van der Waals surface area (Å²) in [5.74, 6) is 1.76. The van der Waals surface area contributed by atoms with Gasteiger partial charge in [0.2, 0.25) is 0 Å². The van der Waals surface area contributed by atoms with E-state index in [9.17, 15) is 9.18 Å². The molecular weight excluding hydrogens is 341 g/mol. The molecule has 4 heteroatoms. The molecule has 0 heterocycles. The second-order valence-corrected chi connectivity index (χ2v) is 9.33. The molecule has 3 rings (SSSR count). The molecule has 0 radical (unpaired) electrons. The van der Waals surface area contributed by atoms with Gasteiger partial charge >= 0.3 is 5.97 Å². The molecule has 0 aromatic rings. The van der Waals surface area contributed by atoms with E-state index in [4.69, 9.17) is 10.00 Å². The largest absolute Gasteiger partial charge is 0.462 e. The molecule has 3 saturated carbocycles. The van der Waals surface area contributed by atoms with E-state index in [0.29, 0.717) is 18.8 Å². The third kappa shape index (κ3) is 5.46. The first-order chi connectivity index (χ1) is 13.1. The number of alkyl halides is 1. The lowest BCUT2D eigenvalue weighted by molar-refractivity contribution is -0.159. The van der Waals surface area contributed by atoms with Gasteiger partial charge in [-0.25, -0.2) is 4.39 Å². The predicted molar refractivity (Wildman–Crippen MR) is 104 cm³/mol. The molecule has 3 aliphatic carbocycles. The summed E-state index contributed by atoms with van der Waals surface area (Å²) in [4.78, 5) is 12.6. The maximum atomic E-state index is 13.9. The Kier molecular flexibility index (Phi) is 7.56. The van der Waals surface area contributed by atoms with Gasteiger partial charge in [-0.2, -0.15) is 5.26 Å². The first kappa shape index (κ1) is 20.6. The summed E-state index contributed by atoms with van der Waals surface area (Å²) in [6, 6.07) is 2.03. The van der Waals surface area contributed by atoms with Crippen molar-refractivity contribution in [2.45, 2.75) is 103 Å². The Morgan fingerprint density at radius 2 is 1.81 bits per heavy atom. The van der Waals surface area contributed by atoms with Crippen LogP contribution in [0.3, 0.4) is 0 Å². The number of carbonyl (C=O) groups is 1. The van der Waals surface area contributed by atoms with Crippen molar-refractivity contribution in [1.82, 2.24) is 0 Å². The minimum absolute atomic E-state index is 0.00893. The molecule has 152 valence electrons. The van der Waals surface area contributed by atoms with Crippen LogP contribution in [0.5, 0.6) is 0 Å². The number of fused-ring (bicyclic) bond motifs is 1. The molecule has 3 nitrogen and oxygen atoms in total. The summed E-state index contributed by atoms with van der Waals surface area (Å²) in [5.41, 5.74) is 0. The second kappa shape index (κ2) is 9.89. The molecule has 0 aromatic carbocycles. The van der Waals surface area contributed by atoms with Crippen molar-refractivity contribution in [2.75, 3.05) is 0 Å². The normalized spacial score (nSPS) is 39.2. The van der Waals surface area contributed by atoms with Gasteiger partial charge in [-0.3, -0.25) is 4.79 Å². The highest BCUT2D eigenvalue weighted by molar-refractivity contribution is 5.72. The number of nitrogens with zero attached hydrogens (tertiary/aromatic N) is 1. The van der Waals surface area contributed by atoms with Crippen molar-refractivity contribution in [2.24, 2.45) is 29.6 Å². The second-order valence-electron chi connectivity index (χ2n) is 9.33. The van der Waals surface area contributed by atoms with E-state index in [0.717, 1.165) is 31.1 Å². The fourth-order valence-electron chi connectivity index (χ4n) is 5.74. The smallest absolute Gasteiger partial charge is 0.309 e. The van der Waals surface area contributed by atoms with E-state index in [1.807, 2.05) is 6.07 Å². The molecule has 0 aromatic heterocycles. The zero-order chi connectivity index (χ0) is 19.2. The number of hydrogen-bond acceptors (Lipinski definition) is 3. The van der Waals surface area contributed by atoms with Gasteiger partial charge in [0.05, 0.1) is 17.9 Å². The number of unbranched alkanes of at least 4 members (excludes halogenated alkanes) is 2. The fourth-order valence-corrected chi connectivity index (χ4v) is 5.74. The standard InChI is InChI=1S/C23H36FNO2/c1-2-3-4-5-16-6-7-18-13-19(9-8-17(18)12-16)23(26)27-21-11-10-20(15-25)22(24)14-21/h16-22H,2-14H2,1H3. The van der Waals surface area contributed by atoms with E-state index in [-0.39, 0.29) is 24.4 Å². The lowest BCUT2D eigenvalue weighted by Crippen LogP contribution is -2.37. The van der Waals surface area contributed by atoms with Crippen molar-refractivity contribution in [3.8, 4) is 6.07 Å².